The number of nitrogens with one attached hydrogen (secondary N) is 1. The van der Waals surface area contributed by atoms with Crippen LogP contribution in [0.1, 0.15) is 73.2 Å². The van der Waals surface area contributed by atoms with Gasteiger partial charge in [0.15, 0.2) is 6.61 Å². The van der Waals surface area contributed by atoms with Gasteiger partial charge in [0.2, 0.25) is 5.91 Å². The highest BCUT2D eigenvalue weighted by Gasteiger charge is 2.29. The molecule has 1 aromatic rings. The van der Waals surface area contributed by atoms with Crippen LogP contribution >= 0.6 is 11.3 Å². The van der Waals surface area contributed by atoms with E-state index in [1.165, 1.54) is 18.3 Å². The quantitative estimate of drug-likeness (QED) is 0.755. The highest BCUT2D eigenvalue weighted by molar-refractivity contribution is 7.17. The molecule has 28 heavy (non-hydrogen) atoms. The summed E-state index contributed by atoms with van der Waals surface area (Å²) in [5.41, 5.74) is 1.42. The Bertz CT molecular complexity index is 750. The van der Waals surface area contributed by atoms with E-state index in [0.717, 1.165) is 67.7 Å². The maximum Gasteiger partial charge on any atom is 0.341 e. The van der Waals surface area contributed by atoms with Gasteiger partial charge in [-0.2, -0.15) is 0 Å². The number of fused-ring (bicyclic) bond motifs is 1. The number of nitrogens with zero attached hydrogens (tertiary/aromatic N) is 1. The zero-order chi connectivity index (χ0) is 20.3. The minimum Gasteiger partial charge on any atom is -0.452 e. The number of anilines is 1. The number of thiophene rings is 1. The van der Waals surface area contributed by atoms with Crippen molar-refractivity contribution in [3.8, 4) is 0 Å². The van der Waals surface area contributed by atoms with E-state index in [2.05, 4.69) is 12.2 Å². The summed E-state index contributed by atoms with van der Waals surface area (Å²) in [5, 5.41) is 3.31. The van der Waals surface area contributed by atoms with Gasteiger partial charge in [0.05, 0.1) is 5.56 Å². The van der Waals surface area contributed by atoms with Crippen molar-refractivity contribution in [1.29, 1.82) is 0 Å². The molecule has 0 aromatic carbocycles. The van der Waals surface area contributed by atoms with E-state index in [1.54, 1.807) is 11.9 Å². The third kappa shape index (κ3) is 4.74. The van der Waals surface area contributed by atoms with Crippen molar-refractivity contribution in [1.82, 2.24) is 4.90 Å². The number of amides is 2. The van der Waals surface area contributed by atoms with E-state index in [4.69, 9.17) is 4.74 Å². The van der Waals surface area contributed by atoms with Crippen LogP contribution in [0.5, 0.6) is 0 Å². The number of esters is 1. The molecule has 2 aliphatic carbocycles. The first-order valence-electron chi connectivity index (χ1n) is 10.2. The number of carbonyl (C=O) groups is 3. The van der Waals surface area contributed by atoms with Crippen molar-refractivity contribution >= 4 is 34.1 Å². The summed E-state index contributed by atoms with van der Waals surface area (Å²) in [6.07, 6.45) is 8.10. The van der Waals surface area contributed by atoms with Crippen molar-refractivity contribution in [3.63, 3.8) is 0 Å². The lowest BCUT2D eigenvalue weighted by Gasteiger charge is -2.33. The first kappa shape index (κ1) is 20.8. The molecule has 7 heteroatoms. The van der Waals surface area contributed by atoms with E-state index >= 15 is 0 Å². The normalized spacial score (nSPS) is 21.5. The first-order valence-corrected chi connectivity index (χ1v) is 11.0. The zero-order valence-electron chi connectivity index (χ0n) is 17.0. The Balaban J connectivity index is 1.65. The predicted octanol–water partition coefficient (Wildman–Crippen LogP) is 3.78. The number of carbonyl (C=O) groups excluding carboxylic acids is 3. The smallest absolute Gasteiger partial charge is 0.341 e. The zero-order valence-corrected chi connectivity index (χ0v) is 17.8. The molecule has 0 aliphatic heterocycles. The summed E-state index contributed by atoms with van der Waals surface area (Å²) in [6, 6.07) is 0.228. The molecule has 1 heterocycles. The summed E-state index contributed by atoms with van der Waals surface area (Å²) in [5.74, 6) is -0.176. The number of aryl methyl sites for hydroxylation is 1. The molecule has 6 nitrogen and oxygen atoms in total. The summed E-state index contributed by atoms with van der Waals surface area (Å²) < 4.78 is 5.39. The molecule has 0 bridgehead atoms. The van der Waals surface area contributed by atoms with E-state index in [-0.39, 0.29) is 24.5 Å². The Morgan fingerprint density at radius 1 is 1.14 bits per heavy atom. The van der Waals surface area contributed by atoms with E-state index < -0.39 is 5.97 Å². The minimum atomic E-state index is -0.512. The SMILES string of the molecule is CC(=O)Nc1sc2c(c1C(=O)OCC(=O)N(C)C1CCC(C)CC1)CCCC2. The highest BCUT2D eigenvalue weighted by Crippen LogP contribution is 2.38. The fraction of sp³-hybridized carbons (Fsp3) is 0.667. The molecule has 1 N–H and O–H groups in total. The van der Waals surface area contributed by atoms with Crippen LogP contribution in [-0.2, 0) is 27.2 Å². The summed E-state index contributed by atoms with van der Waals surface area (Å²) in [4.78, 5) is 39.7. The molecule has 2 amide bonds. The van der Waals surface area contributed by atoms with E-state index in [0.29, 0.717) is 10.6 Å². The van der Waals surface area contributed by atoms with E-state index in [9.17, 15) is 14.4 Å². The van der Waals surface area contributed by atoms with Gasteiger partial charge in [-0.15, -0.1) is 11.3 Å². The van der Waals surface area contributed by atoms with E-state index in [1.807, 2.05) is 0 Å². The average molecular weight is 407 g/mol. The van der Waals surface area contributed by atoms with Gasteiger partial charge in [-0.3, -0.25) is 9.59 Å². The fourth-order valence-corrected chi connectivity index (χ4v) is 5.49. The lowest BCUT2D eigenvalue weighted by atomic mass is 9.87. The largest absolute Gasteiger partial charge is 0.452 e. The van der Waals surface area contributed by atoms with Crippen LogP contribution in [0.3, 0.4) is 0 Å². The molecule has 1 fully saturated rings. The van der Waals surface area contributed by atoms with Gasteiger partial charge in [0.1, 0.15) is 5.00 Å². The maximum atomic E-state index is 12.8. The molecule has 0 saturated heterocycles. The summed E-state index contributed by atoms with van der Waals surface area (Å²) in [6.45, 7) is 3.41. The predicted molar refractivity (Wildman–Crippen MR) is 110 cm³/mol. The Labute approximate surface area is 170 Å². The molecule has 0 unspecified atom stereocenters. The molecule has 0 spiro atoms. The molecule has 1 saturated carbocycles. The number of ether oxygens (including phenoxy) is 1. The second kappa shape index (κ2) is 9.07. The van der Waals surface area contributed by atoms with Crippen molar-refractivity contribution < 1.29 is 19.1 Å². The minimum absolute atomic E-state index is 0.168. The standard InChI is InChI=1S/C21H30N2O4S/c1-13-8-10-15(11-9-13)23(3)18(25)12-27-21(26)19-16-6-4-5-7-17(16)28-20(19)22-14(2)24/h13,15H,4-12H2,1-3H3,(H,22,24). The van der Waals surface area contributed by atoms with Crippen LogP contribution in [0.15, 0.2) is 0 Å². The van der Waals surface area contributed by atoms with Gasteiger partial charge in [-0.25, -0.2) is 4.79 Å². The van der Waals surface area contributed by atoms with Gasteiger partial charge >= 0.3 is 5.97 Å². The number of rotatable bonds is 5. The van der Waals surface area contributed by atoms with Crippen molar-refractivity contribution in [3.05, 3.63) is 16.0 Å². The maximum absolute atomic E-state index is 12.8. The molecule has 3 rings (SSSR count). The van der Waals surface area contributed by atoms with Gasteiger partial charge in [-0.05, 0) is 62.8 Å². The Morgan fingerprint density at radius 3 is 2.50 bits per heavy atom. The number of hydrogen-bond acceptors (Lipinski definition) is 5. The van der Waals surface area contributed by atoms with Gasteiger partial charge < -0.3 is 15.0 Å². The summed E-state index contributed by atoms with van der Waals surface area (Å²) >= 11 is 1.45. The molecule has 2 aliphatic rings. The van der Waals surface area contributed by atoms with Gasteiger partial charge in [0, 0.05) is 24.9 Å². The van der Waals surface area contributed by atoms with Crippen LogP contribution in [0.2, 0.25) is 0 Å². The number of hydrogen-bond donors (Lipinski definition) is 1. The second-order valence-electron chi connectivity index (χ2n) is 8.09. The Morgan fingerprint density at radius 2 is 1.82 bits per heavy atom. The van der Waals surface area contributed by atoms with Crippen LogP contribution in [0, 0.1) is 5.92 Å². The second-order valence-corrected chi connectivity index (χ2v) is 9.20. The Hall–Kier alpha value is -1.89. The summed E-state index contributed by atoms with van der Waals surface area (Å²) in [7, 11) is 1.80. The third-order valence-electron chi connectivity index (χ3n) is 5.92. The monoisotopic (exact) mass is 406 g/mol. The topological polar surface area (TPSA) is 75.7 Å². The number of likely N-dealkylation sites (N-methyl/N-ethyl adjacent to an activating group) is 1. The van der Waals surface area contributed by atoms with Crippen LogP contribution in [-0.4, -0.2) is 42.4 Å². The fourth-order valence-electron chi connectivity index (χ4n) is 4.16. The molecule has 0 radical (unpaired) electrons. The van der Waals surface area contributed by atoms with Crippen molar-refractivity contribution in [2.45, 2.75) is 71.3 Å². The van der Waals surface area contributed by atoms with Crippen LogP contribution in [0.25, 0.3) is 0 Å². The van der Waals surface area contributed by atoms with Crippen LogP contribution in [0.4, 0.5) is 5.00 Å². The first-order chi connectivity index (χ1) is 13.4. The molecular weight excluding hydrogens is 376 g/mol. The molecular formula is C21H30N2O4S. The Kier molecular flexibility index (Phi) is 6.75. The lowest BCUT2D eigenvalue weighted by Crippen LogP contribution is -2.41. The van der Waals surface area contributed by atoms with Crippen LogP contribution < -0.4 is 5.32 Å². The lowest BCUT2D eigenvalue weighted by molar-refractivity contribution is -0.136. The third-order valence-corrected chi connectivity index (χ3v) is 7.13. The van der Waals surface area contributed by atoms with Crippen molar-refractivity contribution in [2.24, 2.45) is 5.92 Å². The molecule has 154 valence electrons. The molecule has 1 aromatic heterocycles. The van der Waals surface area contributed by atoms with Gasteiger partial charge in [-0.1, -0.05) is 6.92 Å². The van der Waals surface area contributed by atoms with Crippen molar-refractivity contribution in [2.75, 3.05) is 19.0 Å². The van der Waals surface area contributed by atoms with Gasteiger partial charge in [0.25, 0.3) is 5.91 Å². The highest BCUT2D eigenvalue weighted by atomic mass is 32.1. The average Bonchev–Trinajstić information content (AvgIpc) is 3.03. The molecule has 0 atom stereocenters.